The molecule has 0 spiro atoms. The predicted molar refractivity (Wildman–Crippen MR) is 172 cm³/mol. The second-order valence-electron chi connectivity index (χ2n) is 11.4. The van der Waals surface area contributed by atoms with Crippen LogP contribution in [0.4, 0.5) is 10.7 Å². The van der Waals surface area contributed by atoms with E-state index in [1.54, 1.807) is 24.7 Å². The Bertz CT molecular complexity index is 1540. The van der Waals surface area contributed by atoms with Crippen LogP contribution in [0.25, 0.3) is 0 Å². The number of hydrogen-bond acceptors (Lipinski definition) is 5. The van der Waals surface area contributed by atoms with E-state index in [9.17, 15) is 4.79 Å². The maximum Gasteiger partial charge on any atom is 0.259 e. The third-order valence-electron chi connectivity index (χ3n) is 7.56. The minimum Gasteiger partial charge on any atom is -0.493 e. The largest absolute Gasteiger partial charge is 0.493 e. The number of hydrogen-bond donors (Lipinski definition) is 1. The fraction of sp³-hybridized carbons (Fsp3) is 0.294. The van der Waals surface area contributed by atoms with Crippen molar-refractivity contribution in [3.63, 3.8) is 0 Å². The Kier molecular flexibility index (Phi) is 8.95. The van der Waals surface area contributed by atoms with Crippen molar-refractivity contribution in [3.8, 4) is 11.5 Å². The number of ether oxygens (including phenoxy) is 2. The third kappa shape index (κ3) is 7.08. The van der Waals surface area contributed by atoms with Gasteiger partial charge < -0.3 is 14.8 Å². The Morgan fingerprint density at radius 3 is 2.54 bits per heavy atom. The van der Waals surface area contributed by atoms with Crippen molar-refractivity contribution in [1.82, 2.24) is 0 Å². The van der Waals surface area contributed by atoms with Crippen molar-refractivity contribution in [3.05, 3.63) is 104 Å². The van der Waals surface area contributed by atoms with Crippen molar-refractivity contribution in [1.29, 1.82) is 0 Å². The van der Waals surface area contributed by atoms with Crippen LogP contribution >= 0.6 is 27.3 Å². The van der Waals surface area contributed by atoms with Gasteiger partial charge in [0.15, 0.2) is 11.5 Å². The van der Waals surface area contributed by atoms with E-state index in [4.69, 9.17) is 14.5 Å². The van der Waals surface area contributed by atoms with Crippen LogP contribution in [0.15, 0.2) is 82.3 Å². The SMILES string of the molecule is COc1cc(C=Nc2sc3c(c2C(=O)Nc2ccccc2)CC[C@@H](C(C)(C)C)C3)ccc1OCc1ccc(Br)cc1. The summed E-state index contributed by atoms with van der Waals surface area (Å²) in [5.41, 5.74) is 4.77. The van der Waals surface area contributed by atoms with Gasteiger partial charge in [-0.15, -0.1) is 11.3 Å². The molecule has 5 rings (SSSR count). The summed E-state index contributed by atoms with van der Waals surface area (Å²) in [6.07, 6.45) is 4.74. The van der Waals surface area contributed by atoms with E-state index in [2.05, 4.69) is 42.0 Å². The fourth-order valence-corrected chi connectivity index (χ4v) is 6.64. The lowest BCUT2D eigenvalue weighted by molar-refractivity contribution is 0.102. The number of anilines is 1. The summed E-state index contributed by atoms with van der Waals surface area (Å²) < 4.78 is 12.7. The molecule has 0 bridgehead atoms. The number of rotatable bonds is 8. The van der Waals surface area contributed by atoms with Crippen LogP contribution < -0.4 is 14.8 Å². The molecule has 3 aromatic carbocycles. The highest BCUT2D eigenvalue weighted by atomic mass is 79.9. The minimum atomic E-state index is -0.107. The molecule has 1 N–H and O–H groups in total. The maximum atomic E-state index is 13.6. The summed E-state index contributed by atoms with van der Waals surface area (Å²) in [4.78, 5) is 19.7. The molecule has 0 aliphatic heterocycles. The lowest BCUT2D eigenvalue weighted by Gasteiger charge is -2.33. The van der Waals surface area contributed by atoms with Gasteiger partial charge in [-0.25, -0.2) is 4.99 Å². The predicted octanol–water partition coefficient (Wildman–Crippen LogP) is 9.25. The number of halogens is 1. The van der Waals surface area contributed by atoms with Gasteiger partial charge in [-0.05, 0) is 89.8 Å². The van der Waals surface area contributed by atoms with Crippen molar-refractivity contribution < 1.29 is 14.3 Å². The van der Waals surface area contributed by atoms with E-state index in [0.717, 1.165) is 51.1 Å². The summed E-state index contributed by atoms with van der Waals surface area (Å²) in [5.74, 6) is 1.76. The van der Waals surface area contributed by atoms with Crippen LogP contribution in [0.2, 0.25) is 0 Å². The first-order valence-corrected chi connectivity index (χ1v) is 15.4. The van der Waals surface area contributed by atoms with Gasteiger partial charge in [0.25, 0.3) is 5.91 Å². The Hall–Kier alpha value is -3.42. The van der Waals surface area contributed by atoms with Crippen molar-refractivity contribution in [2.45, 2.75) is 46.6 Å². The summed E-state index contributed by atoms with van der Waals surface area (Å²) in [6, 6.07) is 23.4. The first kappa shape index (κ1) is 29.1. The highest BCUT2D eigenvalue weighted by Crippen LogP contribution is 2.45. The summed E-state index contributed by atoms with van der Waals surface area (Å²) in [7, 11) is 1.63. The Morgan fingerprint density at radius 1 is 1.07 bits per heavy atom. The monoisotopic (exact) mass is 630 g/mol. The Labute approximate surface area is 254 Å². The van der Waals surface area contributed by atoms with Gasteiger partial charge in [-0.2, -0.15) is 0 Å². The van der Waals surface area contributed by atoms with Gasteiger partial charge in [0.05, 0.1) is 12.7 Å². The molecular formula is C34H35BrN2O3S. The van der Waals surface area contributed by atoms with Crippen LogP contribution in [0.3, 0.4) is 0 Å². The van der Waals surface area contributed by atoms with Gasteiger partial charge >= 0.3 is 0 Å². The molecule has 0 fully saturated rings. The summed E-state index contributed by atoms with van der Waals surface area (Å²) >= 11 is 5.10. The fourth-order valence-electron chi connectivity index (χ4n) is 5.11. The number of fused-ring (bicyclic) bond motifs is 1. The molecule has 1 aromatic heterocycles. The number of amides is 1. The van der Waals surface area contributed by atoms with E-state index in [1.807, 2.05) is 72.8 Å². The average molecular weight is 632 g/mol. The molecule has 5 nitrogen and oxygen atoms in total. The number of aliphatic imine (C=N–C) groups is 1. The molecule has 1 heterocycles. The molecule has 1 aliphatic carbocycles. The molecule has 0 saturated heterocycles. The number of para-hydroxylation sites is 1. The average Bonchev–Trinajstić information content (AvgIpc) is 3.34. The number of methoxy groups -OCH3 is 1. The van der Waals surface area contributed by atoms with Crippen LogP contribution in [0, 0.1) is 11.3 Å². The number of carbonyl (C=O) groups excluding carboxylic acids is 1. The first-order valence-electron chi connectivity index (χ1n) is 13.8. The molecule has 1 aliphatic rings. The molecular weight excluding hydrogens is 596 g/mol. The van der Waals surface area contributed by atoms with Crippen LogP contribution in [0.1, 0.15) is 59.1 Å². The number of nitrogens with one attached hydrogen (secondary N) is 1. The van der Waals surface area contributed by atoms with Gasteiger partial charge in [0.1, 0.15) is 11.6 Å². The normalized spacial score (nSPS) is 15.0. The van der Waals surface area contributed by atoms with Crippen LogP contribution in [0.5, 0.6) is 11.5 Å². The zero-order valence-corrected chi connectivity index (χ0v) is 26.3. The highest BCUT2D eigenvalue weighted by Gasteiger charge is 2.33. The molecule has 0 saturated carbocycles. The zero-order valence-electron chi connectivity index (χ0n) is 23.9. The summed E-state index contributed by atoms with van der Waals surface area (Å²) in [6.45, 7) is 7.35. The van der Waals surface area contributed by atoms with E-state index in [1.165, 1.54) is 4.88 Å². The summed E-state index contributed by atoms with van der Waals surface area (Å²) in [5, 5.41) is 3.83. The lowest BCUT2D eigenvalue weighted by atomic mass is 9.72. The van der Waals surface area contributed by atoms with Gasteiger partial charge in [0.2, 0.25) is 0 Å². The number of benzene rings is 3. The quantitative estimate of drug-likeness (QED) is 0.197. The van der Waals surface area contributed by atoms with Crippen molar-refractivity contribution in [2.75, 3.05) is 12.4 Å². The second-order valence-corrected chi connectivity index (χ2v) is 13.4. The highest BCUT2D eigenvalue weighted by molar-refractivity contribution is 9.10. The van der Waals surface area contributed by atoms with E-state index < -0.39 is 0 Å². The number of nitrogens with zero attached hydrogens (tertiary/aromatic N) is 1. The Balaban J connectivity index is 1.40. The molecule has 7 heteroatoms. The standard InChI is InChI=1S/C34H35BrN2O3S/c1-34(2,3)24-13-16-27-30(19-24)41-33(31(27)32(38)37-26-8-6-5-7-9-26)36-20-23-12-17-28(29(18-23)39-4)40-21-22-10-14-25(35)15-11-22/h5-12,14-15,17-18,20,24H,13,16,19,21H2,1-4H3,(H,37,38)/t24-/m1/s1. The van der Waals surface area contributed by atoms with Crippen LogP contribution in [-0.2, 0) is 19.4 Å². The van der Waals surface area contributed by atoms with Crippen molar-refractivity contribution in [2.24, 2.45) is 16.3 Å². The van der Waals surface area contributed by atoms with E-state index in [0.29, 0.717) is 29.6 Å². The smallest absolute Gasteiger partial charge is 0.259 e. The molecule has 1 atom stereocenters. The molecule has 4 aromatic rings. The second kappa shape index (κ2) is 12.6. The number of carbonyl (C=O) groups is 1. The molecule has 0 unspecified atom stereocenters. The molecule has 0 radical (unpaired) electrons. The minimum absolute atomic E-state index is 0.107. The van der Waals surface area contributed by atoms with Gasteiger partial charge in [0, 0.05) is 21.3 Å². The van der Waals surface area contributed by atoms with Gasteiger partial charge in [-0.1, -0.05) is 67.0 Å². The maximum absolute atomic E-state index is 13.6. The topological polar surface area (TPSA) is 59.9 Å². The van der Waals surface area contributed by atoms with E-state index in [-0.39, 0.29) is 11.3 Å². The van der Waals surface area contributed by atoms with Gasteiger partial charge in [-0.3, -0.25) is 4.79 Å². The van der Waals surface area contributed by atoms with Crippen molar-refractivity contribution >= 4 is 50.1 Å². The van der Waals surface area contributed by atoms with E-state index >= 15 is 0 Å². The third-order valence-corrected chi connectivity index (χ3v) is 9.25. The molecule has 212 valence electrons. The Morgan fingerprint density at radius 2 is 1.83 bits per heavy atom. The zero-order chi connectivity index (χ0) is 29.0. The first-order chi connectivity index (χ1) is 19.7. The lowest BCUT2D eigenvalue weighted by Crippen LogP contribution is -2.27. The molecule has 1 amide bonds. The number of thiophene rings is 1. The van der Waals surface area contributed by atoms with Crippen LogP contribution in [-0.4, -0.2) is 19.2 Å². The molecule has 41 heavy (non-hydrogen) atoms.